The van der Waals surface area contributed by atoms with E-state index in [4.69, 9.17) is 0 Å². The number of pyridine rings is 1. The molecule has 2 aromatic rings. The molecular formula is C8H8N4S. The molecule has 2 rings (SSSR count). The van der Waals surface area contributed by atoms with Crippen LogP contribution >= 0.6 is 11.8 Å². The number of nitrogens with one attached hydrogen (secondary N) is 1. The number of rotatable bonds is 3. The SMILES string of the molecule is c1cncc(CSc2ncn[nH]2)c1. The van der Waals surface area contributed by atoms with E-state index in [1.165, 1.54) is 11.9 Å². The summed E-state index contributed by atoms with van der Waals surface area (Å²) < 4.78 is 0. The van der Waals surface area contributed by atoms with E-state index >= 15 is 0 Å². The van der Waals surface area contributed by atoms with Crippen LogP contribution in [-0.2, 0) is 5.75 Å². The molecule has 13 heavy (non-hydrogen) atoms. The first-order valence-corrected chi connectivity index (χ1v) is 4.81. The first kappa shape index (κ1) is 8.25. The van der Waals surface area contributed by atoms with E-state index in [2.05, 4.69) is 20.2 Å². The van der Waals surface area contributed by atoms with Gasteiger partial charge in [0.2, 0.25) is 0 Å². The Hall–Kier alpha value is -1.36. The van der Waals surface area contributed by atoms with Gasteiger partial charge in [0, 0.05) is 18.1 Å². The lowest BCUT2D eigenvalue weighted by atomic mass is 10.3. The number of hydrogen-bond acceptors (Lipinski definition) is 4. The van der Waals surface area contributed by atoms with Gasteiger partial charge in [0.05, 0.1) is 0 Å². The number of thioether (sulfide) groups is 1. The van der Waals surface area contributed by atoms with Gasteiger partial charge in [-0.3, -0.25) is 10.1 Å². The fourth-order valence-electron chi connectivity index (χ4n) is 0.899. The van der Waals surface area contributed by atoms with E-state index in [-0.39, 0.29) is 0 Å². The standard InChI is InChI=1S/C8H8N4S/c1-2-7(4-9-3-1)5-13-8-10-6-11-12-8/h1-4,6H,5H2,(H,10,11,12). The van der Waals surface area contributed by atoms with E-state index < -0.39 is 0 Å². The predicted octanol–water partition coefficient (Wildman–Crippen LogP) is 1.49. The minimum atomic E-state index is 0.837. The Morgan fingerprint density at radius 1 is 1.46 bits per heavy atom. The number of hydrogen-bond donors (Lipinski definition) is 1. The summed E-state index contributed by atoms with van der Waals surface area (Å²) in [5.74, 6) is 0.864. The van der Waals surface area contributed by atoms with Crippen molar-refractivity contribution in [3.05, 3.63) is 36.4 Å². The van der Waals surface area contributed by atoms with Crippen LogP contribution in [0, 0.1) is 0 Å². The van der Waals surface area contributed by atoms with Gasteiger partial charge in [0.1, 0.15) is 6.33 Å². The molecule has 0 radical (unpaired) electrons. The topological polar surface area (TPSA) is 54.5 Å². The molecule has 4 nitrogen and oxygen atoms in total. The molecule has 0 saturated heterocycles. The van der Waals surface area contributed by atoms with Gasteiger partial charge in [-0.2, -0.15) is 5.10 Å². The molecule has 0 saturated carbocycles. The van der Waals surface area contributed by atoms with Crippen LogP contribution < -0.4 is 0 Å². The molecule has 0 aliphatic heterocycles. The molecule has 0 unspecified atom stereocenters. The summed E-state index contributed by atoms with van der Waals surface area (Å²) >= 11 is 1.61. The fourth-order valence-corrected chi connectivity index (χ4v) is 1.61. The third-order valence-electron chi connectivity index (χ3n) is 1.49. The van der Waals surface area contributed by atoms with Crippen LogP contribution in [0.5, 0.6) is 0 Å². The Morgan fingerprint density at radius 2 is 2.46 bits per heavy atom. The Bertz CT molecular complexity index is 346. The first-order chi connectivity index (χ1) is 6.45. The zero-order chi connectivity index (χ0) is 8.93. The highest BCUT2D eigenvalue weighted by Gasteiger charge is 1.97. The summed E-state index contributed by atoms with van der Waals surface area (Å²) in [5.41, 5.74) is 1.18. The van der Waals surface area contributed by atoms with Crippen molar-refractivity contribution >= 4 is 11.8 Å². The summed E-state index contributed by atoms with van der Waals surface area (Å²) in [5, 5.41) is 7.39. The Morgan fingerprint density at radius 3 is 3.15 bits per heavy atom. The summed E-state index contributed by atoms with van der Waals surface area (Å²) in [4.78, 5) is 8.03. The highest BCUT2D eigenvalue weighted by atomic mass is 32.2. The minimum absolute atomic E-state index is 0.837. The zero-order valence-electron chi connectivity index (χ0n) is 6.84. The molecule has 0 fully saturated rings. The number of H-pyrrole nitrogens is 1. The second kappa shape index (κ2) is 4.04. The third-order valence-corrected chi connectivity index (χ3v) is 2.44. The molecule has 2 aromatic heterocycles. The molecule has 66 valence electrons. The quantitative estimate of drug-likeness (QED) is 0.748. The molecule has 0 atom stereocenters. The maximum absolute atomic E-state index is 4.03. The lowest BCUT2D eigenvalue weighted by Gasteiger charge is -1.96. The Labute approximate surface area is 79.8 Å². The first-order valence-electron chi connectivity index (χ1n) is 3.82. The van der Waals surface area contributed by atoms with Crippen LogP contribution in [0.1, 0.15) is 5.56 Å². The van der Waals surface area contributed by atoms with Gasteiger partial charge in [-0.25, -0.2) is 4.98 Å². The molecule has 0 bridgehead atoms. The lowest BCUT2D eigenvalue weighted by Crippen LogP contribution is -1.82. The average Bonchev–Trinajstić information content (AvgIpc) is 2.69. The van der Waals surface area contributed by atoms with Crippen molar-refractivity contribution < 1.29 is 0 Å². The summed E-state index contributed by atoms with van der Waals surface area (Å²) in [6, 6.07) is 3.96. The van der Waals surface area contributed by atoms with Crippen molar-refractivity contribution in [3.8, 4) is 0 Å². The van der Waals surface area contributed by atoms with E-state index in [9.17, 15) is 0 Å². The van der Waals surface area contributed by atoms with Crippen molar-refractivity contribution in [2.24, 2.45) is 0 Å². The van der Waals surface area contributed by atoms with Gasteiger partial charge in [-0.1, -0.05) is 17.8 Å². The van der Waals surface area contributed by atoms with Crippen molar-refractivity contribution in [1.29, 1.82) is 0 Å². The summed E-state index contributed by atoms with van der Waals surface area (Å²) in [6.45, 7) is 0. The number of aromatic nitrogens is 4. The third kappa shape index (κ3) is 2.29. The van der Waals surface area contributed by atoms with Crippen LogP contribution in [0.3, 0.4) is 0 Å². The number of nitrogens with zero attached hydrogens (tertiary/aromatic N) is 3. The largest absolute Gasteiger partial charge is 0.264 e. The summed E-state index contributed by atoms with van der Waals surface area (Å²) in [6.07, 6.45) is 5.12. The molecule has 5 heteroatoms. The van der Waals surface area contributed by atoms with Gasteiger partial charge in [0.15, 0.2) is 5.16 Å². The van der Waals surface area contributed by atoms with Crippen molar-refractivity contribution in [2.75, 3.05) is 0 Å². The van der Waals surface area contributed by atoms with Gasteiger partial charge in [0.25, 0.3) is 0 Å². The molecule has 0 aromatic carbocycles. The van der Waals surface area contributed by atoms with Gasteiger partial charge < -0.3 is 0 Å². The maximum atomic E-state index is 4.03. The van der Waals surface area contributed by atoms with Crippen LogP contribution in [-0.4, -0.2) is 20.2 Å². The van der Waals surface area contributed by atoms with Crippen molar-refractivity contribution in [2.45, 2.75) is 10.9 Å². The second-order valence-electron chi connectivity index (χ2n) is 2.44. The molecule has 2 heterocycles. The molecule has 0 aliphatic carbocycles. The molecule has 0 spiro atoms. The van der Waals surface area contributed by atoms with Crippen LogP contribution in [0.25, 0.3) is 0 Å². The fraction of sp³-hybridized carbons (Fsp3) is 0.125. The second-order valence-corrected chi connectivity index (χ2v) is 3.40. The van der Waals surface area contributed by atoms with Gasteiger partial charge in [-0.05, 0) is 11.6 Å². The molecule has 1 N–H and O–H groups in total. The Kier molecular flexibility index (Phi) is 2.56. The van der Waals surface area contributed by atoms with E-state index in [1.807, 2.05) is 18.3 Å². The van der Waals surface area contributed by atoms with Crippen LogP contribution in [0.15, 0.2) is 36.0 Å². The van der Waals surface area contributed by atoms with Crippen LogP contribution in [0.2, 0.25) is 0 Å². The van der Waals surface area contributed by atoms with E-state index in [0.29, 0.717) is 0 Å². The van der Waals surface area contributed by atoms with Crippen molar-refractivity contribution in [3.63, 3.8) is 0 Å². The highest BCUT2D eigenvalue weighted by Crippen LogP contribution is 2.16. The van der Waals surface area contributed by atoms with E-state index in [0.717, 1.165) is 10.9 Å². The highest BCUT2D eigenvalue weighted by molar-refractivity contribution is 7.98. The normalized spacial score (nSPS) is 10.2. The molecule has 0 amide bonds. The maximum Gasteiger partial charge on any atom is 0.183 e. The van der Waals surface area contributed by atoms with Gasteiger partial charge >= 0.3 is 0 Å². The Balaban J connectivity index is 1.94. The number of aromatic amines is 1. The average molecular weight is 192 g/mol. The van der Waals surface area contributed by atoms with Gasteiger partial charge in [-0.15, -0.1) is 0 Å². The summed E-state index contributed by atoms with van der Waals surface area (Å²) in [7, 11) is 0. The zero-order valence-corrected chi connectivity index (χ0v) is 7.66. The predicted molar refractivity (Wildman–Crippen MR) is 50.2 cm³/mol. The minimum Gasteiger partial charge on any atom is -0.264 e. The van der Waals surface area contributed by atoms with E-state index in [1.54, 1.807) is 18.0 Å². The monoisotopic (exact) mass is 192 g/mol. The van der Waals surface area contributed by atoms with Crippen molar-refractivity contribution in [1.82, 2.24) is 20.2 Å². The lowest BCUT2D eigenvalue weighted by molar-refractivity contribution is 0.972. The van der Waals surface area contributed by atoms with Crippen LogP contribution in [0.4, 0.5) is 0 Å². The molecular weight excluding hydrogens is 184 g/mol. The smallest absolute Gasteiger partial charge is 0.183 e. The molecule has 0 aliphatic rings.